The number of carbonyl (C=O) groups excluding carboxylic acids is 1. The van der Waals surface area contributed by atoms with Crippen LogP contribution >= 0.6 is 11.6 Å². The minimum absolute atomic E-state index is 0.451. The Morgan fingerprint density at radius 3 is 2.73 bits per heavy atom. The number of aryl methyl sites for hydroxylation is 1. The van der Waals surface area contributed by atoms with E-state index < -0.39 is 5.24 Å². The summed E-state index contributed by atoms with van der Waals surface area (Å²) in [6.07, 6.45) is 0. The molecule has 0 saturated heterocycles. The summed E-state index contributed by atoms with van der Waals surface area (Å²) in [6, 6.07) is 7.38. The molecule has 0 aliphatic rings. The number of ether oxygens (including phenoxy) is 1. The van der Waals surface area contributed by atoms with Crippen molar-refractivity contribution in [2.24, 2.45) is 7.05 Å². The zero-order valence-electron chi connectivity index (χ0n) is 8.45. The monoisotopic (exact) mass is 223 g/mol. The van der Waals surface area contributed by atoms with Gasteiger partial charge >= 0.3 is 0 Å². The standard InChI is InChI=1S/C11H10ClNO2/c1-13-9-4-3-8(15-2)5-7(9)6-10(13)11(12)14/h3-6H,1-2H3. The van der Waals surface area contributed by atoms with E-state index in [0.29, 0.717) is 5.69 Å². The summed E-state index contributed by atoms with van der Waals surface area (Å²) in [6.45, 7) is 0. The zero-order valence-corrected chi connectivity index (χ0v) is 9.21. The van der Waals surface area contributed by atoms with Crippen LogP contribution in [0.3, 0.4) is 0 Å². The van der Waals surface area contributed by atoms with Gasteiger partial charge in [-0.2, -0.15) is 0 Å². The fourth-order valence-corrected chi connectivity index (χ4v) is 1.82. The number of benzene rings is 1. The summed E-state index contributed by atoms with van der Waals surface area (Å²) < 4.78 is 6.87. The van der Waals surface area contributed by atoms with Crippen LogP contribution in [0.5, 0.6) is 5.75 Å². The van der Waals surface area contributed by atoms with Gasteiger partial charge < -0.3 is 9.30 Å². The van der Waals surface area contributed by atoms with Crippen LogP contribution in [0.2, 0.25) is 0 Å². The smallest absolute Gasteiger partial charge is 0.268 e. The lowest BCUT2D eigenvalue weighted by atomic mass is 10.2. The number of fused-ring (bicyclic) bond motifs is 1. The maximum Gasteiger partial charge on any atom is 0.268 e. The van der Waals surface area contributed by atoms with Gasteiger partial charge in [-0.3, -0.25) is 4.79 Å². The van der Waals surface area contributed by atoms with Gasteiger partial charge in [-0.15, -0.1) is 0 Å². The van der Waals surface area contributed by atoms with E-state index in [1.165, 1.54) is 0 Å². The molecule has 0 aliphatic carbocycles. The molecule has 0 aliphatic heterocycles. The summed E-state index contributed by atoms with van der Waals surface area (Å²) in [7, 11) is 3.42. The van der Waals surface area contributed by atoms with Gasteiger partial charge in [0.05, 0.1) is 7.11 Å². The number of halogens is 1. The Kier molecular flexibility index (Phi) is 2.40. The lowest BCUT2D eigenvalue weighted by molar-refractivity contribution is 0.107. The van der Waals surface area contributed by atoms with E-state index in [1.54, 1.807) is 17.7 Å². The molecule has 1 aromatic heterocycles. The average Bonchev–Trinajstić information content (AvgIpc) is 2.55. The Balaban J connectivity index is 2.70. The molecule has 3 nitrogen and oxygen atoms in total. The SMILES string of the molecule is COc1ccc2c(c1)cc(C(=O)Cl)n2C. The lowest BCUT2D eigenvalue weighted by Gasteiger charge is -2.01. The van der Waals surface area contributed by atoms with Crippen LogP contribution in [-0.2, 0) is 7.05 Å². The van der Waals surface area contributed by atoms with E-state index in [2.05, 4.69) is 0 Å². The van der Waals surface area contributed by atoms with Crippen molar-refractivity contribution in [1.29, 1.82) is 0 Å². The third-order valence-corrected chi connectivity index (χ3v) is 2.64. The molecule has 2 rings (SSSR count). The Bertz CT molecular complexity index is 531. The molecule has 0 atom stereocenters. The molecule has 2 aromatic rings. The normalized spacial score (nSPS) is 10.6. The fourth-order valence-electron chi connectivity index (χ4n) is 1.64. The maximum atomic E-state index is 11.1. The van der Waals surface area contributed by atoms with Crippen molar-refractivity contribution in [2.45, 2.75) is 0 Å². The first kappa shape index (κ1) is 10.1. The highest BCUT2D eigenvalue weighted by Gasteiger charge is 2.11. The minimum atomic E-state index is -0.451. The van der Waals surface area contributed by atoms with E-state index in [4.69, 9.17) is 16.3 Å². The number of nitrogens with zero attached hydrogens (tertiary/aromatic N) is 1. The van der Waals surface area contributed by atoms with Gasteiger partial charge in [-0.1, -0.05) is 0 Å². The van der Waals surface area contributed by atoms with E-state index >= 15 is 0 Å². The van der Waals surface area contributed by atoms with Crippen molar-refractivity contribution >= 4 is 27.7 Å². The molecule has 1 heterocycles. The van der Waals surface area contributed by atoms with Gasteiger partial charge in [0.15, 0.2) is 0 Å². The molecule has 0 N–H and O–H groups in total. The molecular weight excluding hydrogens is 214 g/mol. The van der Waals surface area contributed by atoms with Crippen LogP contribution in [0.1, 0.15) is 10.5 Å². The molecular formula is C11H10ClNO2. The molecule has 0 unspecified atom stereocenters. The Hall–Kier alpha value is -1.48. The van der Waals surface area contributed by atoms with Crippen molar-refractivity contribution in [3.05, 3.63) is 30.0 Å². The Morgan fingerprint density at radius 2 is 2.13 bits per heavy atom. The molecule has 0 amide bonds. The Labute approximate surface area is 92.2 Å². The largest absolute Gasteiger partial charge is 0.497 e. The first-order valence-electron chi connectivity index (χ1n) is 4.47. The molecule has 0 fully saturated rings. The summed E-state index contributed by atoms with van der Waals surface area (Å²) in [5.74, 6) is 0.765. The van der Waals surface area contributed by atoms with Crippen LogP contribution in [0.25, 0.3) is 10.9 Å². The Morgan fingerprint density at radius 1 is 1.40 bits per heavy atom. The summed E-state index contributed by atoms with van der Waals surface area (Å²) in [5, 5.41) is 0.494. The summed E-state index contributed by atoms with van der Waals surface area (Å²) >= 11 is 5.46. The summed E-state index contributed by atoms with van der Waals surface area (Å²) in [4.78, 5) is 11.1. The lowest BCUT2D eigenvalue weighted by Crippen LogP contribution is -1.98. The van der Waals surface area contributed by atoms with Crippen molar-refractivity contribution < 1.29 is 9.53 Å². The van der Waals surface area contributed by atoms with E-state index in [9.17, 15) is 4.79 Å². The number of aromatic nitrogens is 1. The van der Waals surface area contributed by atoms with Gasteiger partial charge in [0.2, 0.25) is 0 Å². The number of hydrogen-bond acceptors (Lipinski definition) is 2. The molecule has 0 bridgehead atoms. The van der Waals surface area contributed by atoms with Crippen LogP contribution in [0.4, 0.5) is 0 Å². The van der Waals surface area contributed by atoms with Crippen LogP contribution in [0.15, 0.2) is 24.3 Å². The average molecular weight is 224 g/mol. The molecule has 0 spiro atoms. The molecule has 1 aromatic carbocycles. The second-order valence-corrected chi connectivity index (χ2v) is 3.63. The number of hydrogen-bond donors (Lipinski definition) is 0. The molecule has 4 heteroatoms. The zero-order chi connectivity index (χ0) is 11.0. The van der Waals surface area contributed by atoms with E-state index in [-0.39, 0.29) is 0 Å². The van der Waals surface area contributed by atoms with E-state index in [0.717, 1.165) is 16.7 Å². The van der Waals surface area contributed by atoms with Gasteiger partial charge in [0.1, 0.15) is 11.4 Å². The van der Waals surface area contributed by atoms with Gasteiger partial charge in [-0.25, -0.2) is 0 Å². The van der Waals surface area contributed by atoms with Crippen molar-refractivity contribution in [1.82, 2.24) is 4.57 Å². The van der Waals surface area contributed by atoms with Crippen LogP contribution in [-0.4, -0.2) is 16.9 Å². The van der Waals surface area contributed by atoms with Crippen molar-refractivity contribution in [2.75, 3.05) is 7.11 Å². The predicted octanol–water partition coefficient (Wildman–Crippen LogP) is 2.57. The highest BCUT2D eigenvalue weighted by molar-refractivity contribution is 6.67. The molecule has 15 heavy (non-hydrogen) atoms. The fraction of sp³-hybridized carbons (Fsp3) is 0.182. The quantitative estimate of drug-likeness (QED) is 0.733. The second-order valence-electron chi connectivity index (χ2n) is 3.29. The van der Waals surface area contributed by atoms with Gasteiger partial charge in [-0.05, 0) is 35.9 Å². The maximum absolute atomic E-state index is 11.1. The third-order valence-electron chi connectivity index (χ3n) is 2.45. The minimum Gasteiger partial charge on any atom is -0.497 e. The topological polar surface area (TPSA) is 31.2 Å². The van der Waals surface area contributed by atoms with Crippen molar-refractivity contribution in [3.63, 3.8) is 0 Å². The number of methoxy groups -OCH3 is 1. The number of rotatable bonds is 2. The third kappa shape index (κ3) is 1.59. The highest BCUT2D eigenvalue weighted by Crippen LogP contribution is 2.24. The van der Waals surface area contributed by atoms with Gasteiger partial charge in [0.25, 0.3) is 5.24 Å². The van der Waals surface area contributed by atoms with Crippen molar-refractivity contribution in [3.8, 4) is 5.75 Å². The van der Waals surface area contributed by atoms with Crippen LogP contribution in [0, 0.1) is 0 Å². The summed E-state index contributed by atoms with van der Waals surface area (Å²) in [5.41, 5.74) is 1.44. The highest BCUT2D eigenvalue weighted by atomic mass is 35.5. The molecule has 0 radical (unpaired) electrons. The van der Waals surface area contributed by atoms with Crippen LogP contribution < -0.4 is 4.74 Å². The first-order chi connectivity index (χ1) is 7.13. The van der Waals surface area contributed by atoms with E-state index in [1.807, 2.05) is 25.2 Å². The first-order valence-corrected chi connectivity index (χ1v) is 4.84. The molecule has 78 valence electrons. The molecule has 0 saturated carbocycles. The predicted molar refractivity (Wildman–Crippen MR) is 59.7 cm³/mol. The van der Waals surface area contributed by atoms with Gasteiger partial charge in [0, 0.05) is 18.0 Å². The number of carbonyl (C=O) groups is 1. The second kappa shape index (κ2) is 3.59.